The van der Waals surface area contributed by atoms with Crippen molar-refractivity contribution in [1.82, 2.24) is 25.0 Å². The summed E-state index contributed by atoms with van der Waals surface area (Å²) in [6, 6.07) is 14.7. The number of aromatic nitrogens is 3. The van der Waals surface area contributed by atoms with Gasteiger partial charge in [-0.2, -0.15) is 5.10 Å². The third kappa shape index (κ3) is 5.73. The van der Waals surface area contributed by atoms with Crippen LogP contribution in [0.5, 0.6) is 0 Å². The molecule has 2 aromatic heterocycles. The van der Waals surface area contributed by atoms with Crippen LogP contribution in [0.25, 0.3) is 22.0 Å². The quantitative estimate of drug-likeness (QED) is 0.308. The summed E-state index contributed by atoms with van der Waals surface area (Å²) < 4.78 is 1.98. The number of hydrogen-bond donors (Lipinski definition) is 2. The van der Waals surface area contributed by atoms with Crippen molar-refractivity contribution in [2.24, 2.45) is 0 Å². The predicted molar refractivity (Wildman–Crippen MR) is 155 cm³/mol. The molecule has 4 aromatic rings. The maximum absolute atomic E-state index is 13.7. The summed E-state index contributed by atoms with van der Waals surface area (Å²) in [5.74, 6) is -0.213. The number of aryl methyl sites for hydroxylation is 3. The van der Waals surface area contributed by atoms with E-state index in [1.54, 1.807) is 0 Å². The summed E-state index contributed by atoms with van der Waals surface area (Å²) in [5.41, 5.74) is 7.81. The van der Waals surface area contributed by atoms with E-state index in [2.05, 4.69) is 80.4 Å². The van der Waals surface area contributed by atoms with Crippen LogP contribution in [0.2, 0.25) is 0 Å². The Kier molecular flexibility index (Phi) is 8.17. The maximum atomic E-state index is 13.7. The number of nitrogens with one attached hydrogen (secondary N) is 2. The lowest BCUT2D eigenvalue weighted by Gasteiger charge is -2.14. The van der Waals surface area contributed by atoms with Gasteiger partial charge >= 0.3 is 0 Å². The van der Waals surface area contributed by atoms with Crippen LogP contribution in [0, 0.1) is 13.8 Å². The molecule has 1 amide bonds. The fourth-order valence-corrected chi connectivity index (χ4v) is 5.14. The fraction of sp³-hybridized carbons (Fsp3) is 0.387. The van der Waals surface area contributed by atoms with E-state index in [0.717, 1.165) is 58.4 Å². The Labute approximate surface area is 224 Å². The molecule has 2 heterocycles. The SMILES string of the molecule is CCCc1cc(C)[nH]c(=O)c1CNC(=O)c1cc(-c2cccc(CN(C)C)c2)cc2c1c(C)nn2C(C)C. The molecule has 2 N–H and O–H groups in total. The van der Waals surface area contributed by atoms with Crippen molar-refractivity contribution in [2.75, 3.05) is 14.1 Å². The van der Waals surface area contributed by atoms with E-state index in [1.807, 2.05) is 30.7 Å². The van der Waals surface area contributed by atoms with Gasteiger partial charge in [-0.15, -0.1) is 0 Å². The number of fused-ring (bicyclic) bond motifs is 1. The highest BCUT2D eigenvalue weighted by Gasteiger charge is 2.21. The second-order valence-electron chi connectivity index (χ2n) is 10.7. The van der Waals surface area contributed by atoms with Gasteiger partial charge in [0.05, 0.1) is 16.8 Å². The molecule has 7 heteroatoms. The fourth-order valence-electron chi connectivity index (χ4n) is 5.14. The number of benzene rings is 2. The minimum atomic E-state index is -0.213. The van der Waals surface area contributed by atoms with Crippen LogP contribution in [0.3, 0.4) is 0 Å². The number of hydrogen-bond acceptors (Lipinski definition) is 4. The van der Waals surface area contributed by atoms with Gasteiger partial charge in [-0.05, 0) is 94.7 Å². The zero-order chi connectivity index (χ0) is 27.6. The first kappa shape index (κ1) is 27.3. The normalized spacial score (nSPS) is 11.6. The molecule has 0 fully saturated rings. The van der Waals surface area contributed by atoms with Crippen LogP contribution in [-0.4, -0.2) is 39.7 Å². The molecule has 0 atom stereocenters. The standard InChI is InChI=1S/C31H39N5O2/c1-8-10-24-13-20(4)33-31(38)27(24)17-32-30(37)26-15-25(23-12-9-11-22(14-23)18-35(6)7)16-28-29(26)21(5)34-36(28)19(2)3/h9,11-16,19H,8,10,17-18H2,1-7H3,(H,32,37)(H,33,38). The van der Waals surface area contributed by atoms with Crippen LogP contribution < -0.4 is 10.9 Å². The average molecular weight is 514 g/mol. The molecular formula is C31H39N5O2. The number of amides is 1. The van der Waals surface area contributed by atoms with E-state index in [-0.39, 0.29) is 24.1 Å². The van der Waals surface area contributed by atoms with E-state index >= 15 is 0 Å². The van der Waals surface area contributed by atoms with E-state index in [4.69, 9.17) is 5.10 Å². The van der Waals surface area contributed by atoms with Crippen molar-refractivity contribution in [3.8, 4) is 11.1 Å². The molecule has 0 saturated carbocycles. The van der Waals surface area contributed by atoms with E-state index in [9.17, 15) is 9.59 Å². The Hall–Kier alpha value is -3.71. The minimum Gasteiger partial charge on any atom is -0.348 e. The van der Waals surface area contributed by atoms with E-state index in [1.165, 1.54) is 5.56 Å². The topological polar surface area (TPSA) is 83.0 Å². The first-order valence-electron chi connectivity index (χ1n) is 13.4. The van der Waals surface area contributed by atoms with Gasteiger partial charge in [0, 0.05) is 35.8 Å². The van der Waals surface area contributed by atoms with Crippen molar-refractivity contribution >= 4 is 16.8 Å². The summed E-state index contributed by atoms with van der Waals surface area (Å²) in [7, 11) is 4.10. The summed E-state index contributed by atoms with van der Waals surface area (Å²) in [4.78, 5) is 31.5. The molecule has 4 rings (SSSR count). The van der Waals surface area contributed by atoms with E-state index < -0.39 is 0 Å². The lowest BCUT2D eigenvalue weighted by atomic mass is 9.97. The van der Waals surface area contributed by atoms with Gasteiger partial charge in [-0.3, -0.25) is 14.3 Å². The lowest BCUT2D eigenvalue weighted by molar-refractivity contribution is 0.0952. The molecule has 0 saturated heterocycles. The molecule has 0 spiro atoms. The number of H-pyrrole nitrogens is 1. The maximum Gasteiger partial charge on any atom is 0.253 e. The monoisotopic (exact) mass is 513 g/mol. The summed E-state index contributed by atoms with van der Waals surface area (Å²) in [6.07, 6.45) is 1.71. The van der Waals surface area contributed by atoms with Crippen molar-refractivity contribution in [1.29, 1.82) is 0 Å². The summed E-state index contributed by atoms with van der Waals surface area (Å²) >= 11 is 0. The Morgan fingerprint density at radius 1 is 1.11 bits per heavy atom. The molecule has 0 unspecified atom stereocenters. The second kappa shape index (κ2) is 11.4. The summed E-state index contributed by atoms with van der Waals surface area (Å²) in [5, 5.41) is 8.67. The molecule has 0 aliphatic carbocycles. The van der Waals surface area contributed by atoms with Gasteiger partial charge in [0.15, 0.2) is 0 Å². The number of pyridine rings is 1. The molecule has 0 radical (unpaired) electrons. The van der Waals surface area contributed by atoms with Crippen LogP contribution >= 0.6 is 0 Å². The van der Waals surface area contributed by atoms with Gasteiger partial charge in [0.2, 0.25) is 0 Å². The largest absolute Gasteiger partial charge is 0.348 e. The number of carbonyl (C=O) groups is 1. The van der Waals surface area contributed by atoms with Crippen LogP contribution in [-0.2, 0) is 19.5 Å². The number of rotatable bonds is 9. The molecule has 2 aromatic carbocycles. The van der Waals surface area contributed by atoms with Gasteiger partial charge in [-0.25, -0.2) is 0 Å². The zero-order valence-corrected chi connectivity index (χ0v) is 23.6. The molecular weight excluding hydrogens is 474 g/mol. The van der Waals surface area contributed by atoms with Crippen molar-refractivity contribution < 1.29 is 4.79 Å². The van der Waals surface area contributed by atoms with Gasteiger partial charge in [0.1, 0.15) is 0 Å². The summed E-state index contributed by atoms with van der Waals surface area (Å²) in [6.45, 7) is 11.1. The first-order chi connectivity index (χ1) is 18.1. The number of nitrogens with zero attached hydrogens (tertiary/aromatic N) is 3. The first-order valence-corrected chi connectivity index (χ1v) is 13.4. The van der Waals surface area contributed by atoms with Crippen LogP contribution in [0.4, 0.5) is 0 Å². The molecule has 0 bridgehead atoms. The molecule has 38 heavy (non-hydrogen) atoms. The Morgan fingerprint density at radius 2 is 1.87 bits per heavy atom. The average Bonchev–Trinajstić information content (AvgIpc) is 3.19. The van der Waals surface area contributed by atoms with Gasteiger partial charge in [-0.1, -0.05) is 31.5 Å². The molecule has 7 nitrogen and oxygen atoms in total. The Bertz CT molecular complexity index is 1530. The van der Waals surface area contributed by atoms with Crippen molar-refractivity contribution in [3.05, 3.63) is 86.5 Å². The predicted octanol–water partition coefficient (Wildman–Crippen LogP) is 5.53. The van der Waals surface area contributed by atoms with Crippen molar-refractivity contribution in [3.63, 3.8) is 0 Å². The minimum absolute atomic E-state index is 0.139. The van der Waals surface area contributed by atoms with Crippen LogP contribution in [0.1, 0.15) is 71.7 Å². The molecule has 0 aliphatic heterocycles. The number of carbonyl (C=O) groups excluding carboxylic acids is 1. The zero-order valence-electron chi connectivity index (χ0n) is 23.6. The molecule has 200 valence electrons. The Morgan fingerprint density at radius 3 is 2.55 bits per heavy atom. The van der Waals surface area contributed by atoms with Crippen molar-refractivity contribution in [2.45, 2.75) is 66.6 Å². The Balaban J connectivity index is 1.79. The highest BCUT2D eigenvalue weighted by atomic mass is 16.1. The van der Waals surface area contributed by atoms with Crippen LogP contribution in [0.15, 0.2) is 47.3 Å². The van der Waals surface area contributed by atoms with Gasteiger partial charge < -0.3 is 15.2 Å². The third-order valence-electron chi connectivity index (χ3n) is 6.78. The highest BCUT2D eigenvalue weighted by molar-refractivity contribution is 6.09. The van der Waals surface area contributed by atoms with E-state index in [0.29, 0.717) is 11.1 Å². The third-order valence-corrected chi connectivity index (χ3v) is 6.78. The smallest absolute Gasteiger partial charge is 0.253 e. The number of aromatic amines is 1. The highest BCUT2D eigenvalue weighted by Crippen LogP contribution is 2.32. The van der Waals surface area contributed by atoms with Gasteiger partial charge in [0.25, 0.3) is 11.5 Å². The lowest BCUT2D eigenvalue weighted by Crippen LogP contribution is -2.28. The molecule has 0 aliphatic rings. The second-order valence-corrected chi connectivity index (χ2v) is 10.7.